The third-order valence-corrected chi connectivity index (χ3v) is 8.49. The fraction of sp³-hybridized carbons (Fsp3) is 0.400. The summed E-state index contributed by atoms with van der Waals surface area (Å²) in [5.41, 5.74) is -0.210. The average molecular weight is 550 g/mol. The van der Waals surface area contributed by atoms with Crippen LogP contribution in [-0.4, -0.2) is 52.4 Å². The van der Waals surface area contributed by atoms with E-state index in [1.807, 2.05) is 0 Å². The van der Waals surface area contributed by atoms with Gasteiger partial charge in [0.1, 0.15) is 7.85 Å². The number of hydrogen-bond donors (Lipinski definition) is 2. The van der Waals surface area contributed by atoms with Crippen LogP contribution in [0.25, 0.3) is 11.2 Å². The lowest BCUT2D eigenvalue weighted by Gasteiger charge is -2.10. The third kappa shape index (κ3) is 5.27. The van der Waals surface area contributed by atoms with Gasteiger partial charge < -0.3 is 15.2 Å². The first-order valence-electron chi connectivity index (χ1n) is 12.6. The second kappa shape index (κ2) is 9.89. The Bertz CT molecular complexity index is 1780. The van der Waals surface area contributed by atoms with E-state index in [1.54, 1.807) is 18.2 Å². The number of aromatic nitrogens is 4. The van der Waals surface area contributed by atoms with Crippen LogP contribution in [0.15, 0.2) is 32.9 Å². The molecule has 2 aromatic heterocycles. The number of sulfone groups is 1. The minimum atomic E-state index is -3.76. The lowest BCUT2D eigenvalue weighted by molar-refractivity contribution is -0.118. The summed E-state index contributed by atoms with van der Waals surface area (Å²) in [5.74, 6) is 5.63. The molecule has 2 saturated carbocycles. The molecule has 5 rings (SSSR count). The zero-order valence-corrected chi connectivity index (χ0v) is 22.6. The Morgan fingerprint density at radius 3 is 2.08 bits per heavy atom. The summed E-state index contributed by atoms with van der Waals surface area (Å²) in [5, 5.41) is 5.43. The number of nitrogens with zero attached hydrogens (tertiary/aromatic N) is 4. The fourth-order valence-corrected chi connectivity index (χ4v) is 5.20. The molecule has 2 N–H and O–H groups in total. The molecule has 0 atom stereocenters. The number of benzene rings is 1. The Balaban J connectivity index is 1.52. The maximum Gasteiger partial charge on any atom is 0.333 e. The minimum Gasteiger partial charge on any atom is -0.326 e. The van der Waals surface area contributed by atoms with Gasteiger partial charge in [0.15, 0.2) is 11.2 Å². The molecule has 202 valence electrons. The van der Waals surface area contributed by atoms with Crippen molar-refractivity contribution >= 4 is 52.0 Å². The number of carbonyl (C=O) groups is 2. The highest BCUT2D eigenvalue weighted by atomic mass is 32.2. The molecule has 2 aliphatic carbocycles. The van der Waals surface area contributed by atoms with Gasteiger partial charge in [-0.2, -0.15) is 4.98 Å². The van der Waals surface area contributed by atoms with Gasteiger partial charge in [0.2, 0.25) is 26.8 Å². The number of nitrogens with one attached hydrogen (secondary N) is 2. The van der Waals surface area contributed by atoms with Gasteiger partial charge in [-0.15, -0.1) is 0 Å². The average Bonchev–Trinajstić information content (AvgIpc) is 3.80. The number of carbonyl (C=O) groups excluding carboxylic acids is 2. The Labute approximate surface area is 224 Å². The topological polar surface area (TPSA) is 154 Å². The van der Waals surface area contributed by atoms with Gasteiger partial charge in [0, 0.05) is 48.5 Å². The predicted molar refractivity (Wildman–Crippen MR) is 147 cm³/mol. The van der Waals surface area contributed by atoms with Crippen molar-refractivity contribution in [3.8, 4) is 11.8 Å². The van der Waals surface area contributed by atoms with Crippen LogP contribution in [0.2, 0.25) is 0 Å². The highest BCUT2D eigenvalue weighted by Gasteiger charge is 2.31. The number of aryl methyl sites for hydroxylation is 1. The van der Waals surface area contributed by atoms with Gasteiger partial charge >= 0.3 is 5.69 Å². The van der Waals surface area contributed by atoms with Gasteiger partial charge in [-0.05, 0) is 43.9 Å². The van der Waals surface area contributed by atoms with Crippen molar-refractivity contribution in [2.24, 2.45) is 25.9 Å². The van der Waals surface area contributed by atoms with E-state index in [-0.39, 0.29) is 52.2 Å². The Hall–Kier alpha value is -4.12. The lowest BCUT2D eigenvalue weighted by Crippen LogP contribution is -2.38. The van der Waals surface area contributed by atoms with Crippen molar-refractivity contribution in [3.63, 3.8) is 0 Å². The molecule has 0 radical (unpaired) electrons. The highest BCUT2D eigenvalue weighted by Crippen LogP contribution is 2.32. The molecular weight excluding hydrogens is 523 g/mol. The molecule has 1 aromatic carbocycles. The quantitative estimate of drug-likeness (QED) is 0.298. The zero-order chi connectivity index (χ0) is 28.1. The van der Waals surface area contributed by atoms with Crippen LogP contribution in [-0.2, 0) is 40.1 Å². The summed E-state index contributed by atoms with van der Waals surface area (Å²) >= 11 is 0. The van der Waals surface area contributed by atoms with Gasteiger partial charge in [0.25, 0.3) is 5.56 Å². The number of rotatable bonds is 7. The number of fused-ring (bicyclic) bond motifs is 1. The molecule has 0 saturated heterocycles. The SMILES string of the molecule is BCS(=O)(=O)c1nc2c(c(=O)n(C)c(=O)n2CC#Cc2cc(NC(=O)C3CC3)cc(NC(=O)C3CC3)c2)n1C. The molecule has 12 nitrogen and oxygen atoms in total. The van der Waals surface area contributed by atoms with Gasteiger partial charge in [-0.3, -0.25) is 23.5 Å². The Morgan fingerprint density at radius 2 is 1.56 bits per heavy atom. The number of hydrogen-bond acceptors (Lipinski definition) is 7. The molecule has 14 heteroatoms. The summed E-state index contributed by atoms with van der Waals surface area (Å²) in [6, 6.07) is 5.02. The van der Waals surface area contributed by atoms with Gasteiger partial charge in [-0.25, -0.2) is 13.2 Å². The van der Waals surface area contributed by atoms with E-state index in [0.717, 1.165) is 34.8 Å². The molecule has 2 amide bonds. The van der Waals surface area contributed by atoms with Gasteiger partial charge in [-0.1, -0.05) is 11.8 Å². The molecular formula is C25H27BN6O6S. The van der Waals surface area contributed by atoms with Crippen molar-refractivity contribution in [1.29, 1.82) is 0 Å². The third-order valence-electron chi connectivity index (χ3n) is 6.81. The molecule has 39 heavy (non-hydrogen) atoms. The molecule has 2 aliphatic rings. The molecule has 2 fully saturated rings. The first-order valence-corrected chi connectivity index (χ1v) is 14.3. The first kappa shape index (κ1) is 26.5. The van der Waals surface area contributed by atoms with Crippen LogP contribution in [0.3, 0.4) is 0 Å². The van der Waals surface area contributed by atoms with E-state index in [2.05, 4.69) is 27.5 Å². The highest BCUT2D eigenvalue weighted by molar-refractivity contribution is 7.92. The predicted octanol–water partition coefficient (Wildman–Crippen LogP) is -0.453. The van der Waals surface area contributed by atoms with Crippen molar-refractivity contribution < 1.29 is 18.0 Å². The van der Waals surface area contributed by atoms with Crippen LogP contribution in [0.5, 0.6) is 0 Å². The van der Waals surface area contributed by atoms with E-state index >= 15 is 0 Å². The summed E-state index contributed by atoms with van der Waals surface area (Å²) in [7, 11) is 0.420. The number of anilines is 2. The van der Waals surface area contributed by atoms with Gasteiger partial charge in [0.05, 0.1) is 6.54 Å². The van der Waals surface area contributed by atoms with E-state index in [4.69, 9.17) is 0 Å². The molecule has 0 spiro atoms. The summed E-state index contributed by atoms with van der Waals surface area (Å²) in [6.07, 6.45) is 3.37. The van der Waals surface area contributed by atoms with Crippen molar-refractivity contribution in [1.82, 2.24) is 18.7 Å². The fourth-order valence-electron chi connectivity index (χ4n) is 4.20. The second-order valence-corrected chi connectivity index (χ2v) is 12.1. The maximum absolute atomic E-state index is 12.9. The van der Waals surface area contributed by atoms with Crippen molar-refractivity contribution in [3.05, 3.63) is 44.6 Å². The first-order chi connectivity index (χ1) is 18.5. The monoisotopic (exact) mass is 550 g/mol. The number of imidazole rings is 1. The molecule has 0 bridgehead atoms. The van der Waals surface area contributed by atoms with Crippen LogP contribution >= 0.6 is 0 Å². The maximum atomic E-state index is 12.9. The molecule has 0 unspecified atom stereocenters. The van der Waals surface area contributed by atoms with Crippen molar-refractivity contribution in [2.45, 2.75) is 37.4 Å². The lowest BCUT2D eigenvalue weighted by atomic mass is 10.1. The van der Waals surface area contributed by atoms with Crippen LogP contribution in [0.1, 0.15) is 31.2 Å². The molecule has 0 aliphatic heterocycles. The standard InChI is InChI=1S/C25H27BN6O6S/c1-30-19-20(29-24(30)39(37,38)13-26)32(25(36)31(2)23(19)35)9-3-4-14-10-17(27-21(33)15-5-6-15)12-18(11-14)28-22(34)16-7-8-16/h10-12,15-16H,5-9,13,26H2,1-2H3,(H,27,33)(H,28,34). The normalized spacial score (nSPS) is 15.0. The van der Waals surface area contributed by atoms with E-state index in [0.29, 0.717) is 16.9 Å². The molecule has 3 aromatic rings. The van der Waals surface area contributed by atoms with E-state index < -0.39 is 21.1 Å². The summed E-state index contributed by atoms with van der Waals surface area (Å²) < 4.78 is 28.3. The Kier molecular flexibility index (Phi) is 6.71. The summed E-state index contributed by atoms with van der Waals surface area (Å²) in [6.45, 7) is -0.186. The van der Waals surface area contributed by atoms with E-state index in [1.165, 1.54) is 26.5 Å². The smallest absolute Gasteiger partial charge is 0.326 e. The second-order valence-electron chi connectivity index (χ2n) is 9.89. The van der Waals surface area contributed by atoms with Crippen LogP contribution in [0, 0.1) is 23.7 Å². The van der Waals surface area contributed by atoms with Crippen LogP contribution in [0.4, 0.5) is 11.4 Å². The largest absolute Gasteiger partial charge is 0.333 e. The van der Waals surface area contributed by atoms with E-state index in [9.17, 15) is 27.6 Å². The number of amides is 2. The minimum absolute atomic E-state index is 0.0111. The Morgan fingerprint density at radius 1 is 1.00 bits per heavy atom. The molecule has 2 heterocycles. The van der Waals surface area contributed by atoms with Crippen molar-refractivity contribution in [2.75, 3.05) is 16.3 Å². The summed E-state index contributed by atoms with van der Waals surface area (Å²) in [4.78, 5) is 54.5. The zero-order valence-electron chi connectivity index (χ0n) is 21.8. The van der Waals surface area contributed by atoms with Crippen LogP contribution < -0.4 is 21.9 Å².